The molecule has 0 unspecified atom stereocenters. The first-order chi connectivity index (χ1) is 6.27. The number of nitro groups is 1. The summed E-state index contributed by atoms with van der Waals surface area (Å²) < 4.78 is 0. The fraction of sp³-hybridized carbons (Fsp3) is 0. The number of nitro benzene ring substituents is 1. The van der Waals surface area contributed by atoms with Crippen molar-refractivity contribution in [2.75, 3.05) is 0 Å². The van der Waals surface area contributed by atoms with Crippen molar-refractivity contribution in [3.05, 3.63) is 52.6 Å². The summed E-state index contributed by atoms with van der Waals surface area (Å²) >= 11 is 0. The number of hydrogen-bond donors (Lipinski definition) is 0. The first-order valence-corrected chi connectivity index (χ1v) is 3.83. The standard InChI is InChI=1S/C10H6NO2.Y/c12-11(13)10-6-5-8-3-1-2-4-9(8)7-10;/h1-6H;/q-1;. The van der Waals surface area contributed by atoms with Crippen LogP contribution in [0, 0.1) is 16.2 Å². The summed E-state index contributed by atoms with van der Waals surface area (Å²) in [6.45, 7) is 0. The smallest absolute Gasteiger partial charge is 0.190 e. The van der Waals surface area contributed by atoms with Crippen LogP contribution in [0.15, 0.2) is 36.4 Å². The van der Waals surface area contributed by atoms with Gasteiger partial charge in [-0.15, -0.1) is 29.0 Å². The maximum absolute atomic E-state index is 10.4. The van der Waals surface area contributed by atoms with Crippen molar-refractivity contribution in [3.63, 3.8) is 0 Å². The van der Waals surface area contributed by atoms with Crippen molar-refractivity contribution in [1.82, 2.24) is 0 Å². The number of rotatable bonds is 1. The van der Waals surface area contributed by atoms with E-state index in [0.717, 1.165) is 10.8 Å². The molecule has 0 amide bonds. The number of benzene rings is 2. The van der Waals surface area contributed by atoms with E-state index in [1.807, 2.05) is 24.3 Å². The third kappa shape index (κ3) is 2.17. The molecular formula is C10H6NO2Y-. The van der Waals surface area contributed by atoms with Gasteiger partial charge in [0, 0.05) is 37.6 Å². The van der Waals surface area contributed by atoms with Crippen molar-refractivity contribution in [2.45, 2.75) is 0 Å². The van der Waals surface area contributed by atoms with Gasteiger partial charge in [0.25, 0.3) is 0 Å². The van der Waals surface area contributed by atoms with Crippen molar-refractivity contribution in [2.24, 2.45) is 0 Å². The Morgan fingerprint density at radius 3 is 2.57 bits per heavy atom. The molecule has 0 aliphatic carbocycles. The van der Waals surface area contributed by atoms with Crippen LogP contribution in [0.25, 0.3) is 10.8 Å². The number of fused-ring (bicyclic) bond motifs is 1. The molecule has 0 saturated carbocycles. The second-order valence-electron chi connectivity index (χ2n) is 2.69. The largest absolute Gasteiger partial charge is 0.260 e. The van der Waals surface area contributed by atoms with Gasteiger partial charge in [0.15, 0.2) is 5.69 Å². The predicted molar refractivity (Wildman–Crippen MR) is 49.4 cm³/mol. The monoisotopic (exact) mass is 261 g/mol. The number of hydrogen-bond acceptors (Lipinski definition) is 2. The molecule has 0 saturated heterocycles. The van der Waals surface area contributed by atoms with Crippen LogP contribution in [0.3, 0.4) is 0 Å². The van der Waals surface area contributed by atoms with E-state index in [2.05, 4.69) is 6.07 Å². The Balaban J connectivity index is 0.000000980. The van der Waals surface area contributed by atoms with Gasteiger partial charge in [-0.1, -0.05) is 24.3 Å². The Kier molecular flexibility index (Phi) is 3.72. The fourth-order valence-corrected chi connectivity index (χ4v) is 1.21. The molecule has 0 atom stereocenters. The zero-order valence-corrected chi connectivity index (χ0v) is 10.1. The van der Waals surface area contributed by atoms with Gasteiger partial charge in [-0.25, -0.2) is 0 Å². The van der Waals surface area contributed by atoms with E-state index in [1.54, 1.807) is 6.07 Å². The number of nitrogens with zero attached hydrogens (tertiary/aromatic N) is 1. The van der Waals surface area contributed by atoms with Gasteiger partial charge in [0.2, 0.25) is 0 Å². The van der Waals surface area contributed by atoms with Crippen molar-refractivity contribution in [3.8, 4) is 0 Å². The molecule has 67 valence electrons. The molecule has 2 aromatic carbocycles. The second-order valence-corrected chi connectivity index (χ2v) is 2.69. The van der Waals surface area contributed by atoms with Crippen LogP contribution in [0.1, 0.15) is 0 Å². The van der Waals surface area contributed by atoms with Crippen LogP contribution < -0.4 is 0 Å². The van der Waals surface area contributed by atoms with E-state index in [4.69, 9.17) is 0 Å². The molecular weight excluding hydrogens is 255 g/mol. The average molecular weight is 261 g/mol. The SMILES string of the molecule is O=[N+]([O-])c1[c-]c2ccccc2cc1.[Y]. The van der Waals surface area contributed by atoms with Crippen LogP contribution in [-0.2, 0) is 32.7 Å². The topological polar surface area (TPSA) is 43.1 Å². The molecule has 2 aromatic rings. The molecule has 3 nitrogen and oxygen atoms in total. The Morgan fingerprint density at radius 2 is 1.86 bits per heavy atom. The van der Waals surface area contributed by atoms with E-state index >= 15 is 0 Å². The maximum Gasteiger partial charge on any atom is 0.190 e. The maximum atomic E-state index is 10.4. The van der Waals surface area contributed by atoms with Gasteiger partial charge in [-0.05, 0) is 0 Å². The Labute approximate surface area is 106 Å². The first-order valence-electron chi connectivity index (χ1n) is 3.83. The molecule has 0 fully saturated rings. The van der Waals surface area contributed by atoms with E-state index < -0.39 is 4.92 Å². The average Bonchev–Trinajstić information content (AvgIpc) is 2.17. The Morgan fingerprint density at radius 1 is 1.14 bits per heavy atom. The molecule has 2 rings (SSSR count). The van der Waals surface area contributed by atoms with E-state index in [0.29, 0.717) is 0 Å². The molecule has 4 heteroatoms. The van der Waals surface area contributed by atoms with Gasteiger partial charge in [0.1, 0.15) is 0 Å². The molecule has 0 aliphatic heterocycles. The van der Waals surface area contributed by atoms with Crippen molar-refractivity contribution >= 4 is 16.5 Å². The van der Waals surface area contributed by atoms with Crippen LogP contribution in [0.5, 0.6) is 0 Å². The van der Waals surface area contributed by atoms with E-state index in [1.165, 1.54) is 6.07 Å². The van der Waals surface area contributed by atoms with Crippen molar-refractivity contribution < 1.29 is 37.6 Å². The zero-order chi connectivity index (χ0) is 9.26. The van der Waals surface area contributed by atoms with Crippen LogP contribution >= 0.6 is 0 Å². The molecule has 0 heterocycles. The molecule has 0 N–H and O–H groups in total. The molecule has 0 bridgehead atoms. The van der Waals surface area contributed by atoms with Gasteiger partial charge in [-0.3, -0.25) is 10.1 Å². The minimum Gasteiger partial charge on any atom is -0.260 e. The summed E-state index contributed by atoms with van der Waals surface area (Å²) in [6.07, 6.45) is 0. The van der Waals surface area contributed by atoms with Crippen LogP contribution in [0.2, 0.25) is 0 Å². The van der Waals surface area contributed by atoms with Crippen molar-refractivity contribution in [1.29, 1.82) is 0 Å². The third-order valence-electron chi connectivity index (χ3n) is 1.84. The molecule has 1 radical (unpaired) electrons. The zero-order valence-electron chi connectivity index (χ0n) is 7.31. The van der Waals surface area contributed by atoms with Gasteiger partial charge >= 0.3 is 0 Å². The van der Waals surface area contributed by atoms with Crippen LogP contribution in [-0.4, -0.2) is 4.92 Å². The number of non-ortho nitro benzene ring substituents is 1. The summed E-state index contributed by atoms with van der Waals surface area (Å²) in [7, 11) is 0. The van der Waals surface area contributed by atoms with Crippen LogP contribution in [0.4, 0.5) is 5.69 Å². The molecule has 14 heavy (non-hydrogen) atoms. The van der Waals surface area contributed by atoms with E-state index in [9.17, 15) is 10.1 Å². The van der Waals surface area contributed by atoms with E-state index in [-0.39, 0.29) is 38.4 Å². The fourth-order valence-electron chi connectivity index (χ4n) is 1.21. The van der Waals surface area contributed by atoms with Gasteiger partial charge < -0.3 is 0 Å². The second kappa shape index (κ2) is 4.62. The normalized spacial score (nSPS) is 9.43. The van der Waals surface area contributed by atoms with Gasteiger partial charge in [0.05, 0.1) is 0 Å². The predicted octanol–water partition coefficient (Wildman–Crippen LogP) is 2.55. The minimum absolute atomic E-state index is 0. The van der Waals surface area contributed by atoms with Gasteiger partial charge in [-0.2, -0.15) is 0 Å². The quantitative estimate of drug-likeness (QED) is 0.449. The summed E-state index contributed by atoms with van der Waals surface area (Å²) in [5.74, 6) is 0. The molecule has 0 aromatic heterocycles. The molecule has 0 aliphatic rings. The Hall–Kier alpha value is -0.796. The first kappa shape index (κ1) is 11.3. The Bertz CT molecular complexity index is 470. The summed E-state index contributed by atoms with van der Waals surface area (Å²) in [4.78, 5) is 9.98. The summed E-state index contributed by atoms with van der Waals surface area (Å²) in [5, 5.41) is 12.2. The molecule has 0 spiro atoms. The third-order valence-corrected chi connectivity index (χ3v) is 1.84. The summed E-state index contributed by atoms with van der Waals surface area (Å²) in [6, 6.07) is 13.3. The summed E-state index contributed by atoms with van der Waals surface area (Å²) in [5.41, 5.74) is 0.0127. The minimum atomic E-state index is -0.438.